The Morgan fingerprint density at radius 3 is 2.91 bits per heavy atom. The Labute approximate surface area is 132 Å². The maximum atomic E-state index is 13.3. The summed E-state index contributed by atoms with van der Waals surface area (Å²) in [6, 6.07) is 15.4. The number of para-hydroxylation sites is 1. The summed E-state index contributed by atoms with van der Waals surface area (Å²) >= 11 is 0. The first-order valence-corrected chi connectivity index (χ1v) is 7.32. The smallest absolute Gasteiger partial charge is 0.277 e. The Morgan fingerprint density at radius 2 is 2.00 bits per heavy atom. The lowest BCUT2D eigenvalue weighted by atomic mass is 10.1. The summed E-state index contributed by atoms with van der Waals surface area (Å²) in [7, 11) is 0. The maximum Gasteiger partial charge on any atom is 0.277 e. The van der Waals surface area contributed by atoms with Crippen LogP contribution in [-0.2, 0) is 0 Å². The lowest BCUT2D eigenvalue weighted by molar-refractivity contribution is 0.0972. The molecule has 1 amide bonds. The lowest BCUT2D eigenvalue weighted by Gasteiger charge is -2.29. The first-order valence-electron chi connectivity index (χ1n) is 7.32. The summed E-state index contributed by atoms with van der Waals surface area (Å²) < 4.78 is 18.8. The normalized spacial score (nSPS) is 13.5. The molecule has 0 aliphatic carbocycles. The summed E-state index contributed by atoms with van der Waals surface area (Å²) in [5.41, 5.74) is 1.70. The van der Waals surface area contributed by atoms with Crippen LogP contribution < -0.4 is 9.64 Å². The standard InChI is InChI=1S/C18H13FN2O2/c19-13-6-8-16-17(11-13)23-10-9-21(16)18(22)15-7-5-12-3-1-2-4-14(12)20-15/h1-8,11H,9-10H2. The SMILES string of the molecule is O=C(c1ccc2ccccc2n1)N1CCOc2cc(F)ccc21. The summed E-state index contributed by atoms with van der Waals surface area (Å²) in [5.74, 6) is -0.223. The zero-order valence-electron chi connectivity index (χ0n) is 12.2. The molecule has 114 valence electrons. The van der Waals surface area contributed by atoms with Crippen LogP contribution in [0.4, 0.5) is 10.1 Å². The average Bonchev–Trinajstić information content (AvgIpc) is 2.60. The molecule has 4 rings (SSSR count). The van der Waals surface area contributed by atoms with Crippen LogP contribution in [-0.4, -0.2) is 24.0 Å². The molecule has 0 saturated heterocycles. The largest absolute Gasteiger partial charge is 0.489 e. The van der Waals surface area contributed by atoms with Crippen molar-refractivity contribution in [3.63, 3.8) is 0 Å². The van der Waals surface area contributed by atoms with Gasteiger partial charge in [-0.05, 0) is 24.3 Å². The van der Waals surface area contributed by atoms with Gasteiger partial charge in [0.1, 0.15) is 23.9 Å². The molecule has 23 heavy (non-hydrogen) atoms. The van der Waals surface area contributed by atoms with Crippen LogP contribution in [0.2, 0.25) is 0 Å². The molecule has 1 aliphatic rings. The quantitative estimate of drug-likeness (QED) is 0.692. The second-order valence-corrected chi connectivity index (χ2v) is 5.31. The van der Waals surface area contributed by atoms with Gasteiger partial charge >= 0.3 is 0 Å². The average molecular weight is 308 g/mol. The van der Waals surface area contributed by atoms with E-state index in [2.05, 4.69) is 4.98 Å². The second-order valence-electron chi connectivity index (χ2n) is 5.31. The van der Waals surface area contributed by atoms with E-state index in [4.69, 9.17) is 4.74 Å². The zero-order valence-corrected chi connectivity index (χ0v) is 12.2. The number of carbonyl (C=O) groups excluding carboxylic acids is 1. The van der Waals surface area contributed by atoms with Crippen LogP contribution in [0.15, 0.2) is 54.6 Å². The maximum absolute atomic E-state index is 13.3. The van der Waals surface area contributed by atoms with Crippen LogP contribution in [0.1, 0.15) is 10.5 Å². The Balaban J connectivity index is 1.74. The van der Waals surface area contributed by atoms with Crippen LogP contribution in [0.25, 0.3) is 10.9 Å². The molecule has 2 heterocycles. The van der Waals surface area contributed by atoms with E-state index in [0.29, 0.717) is 30.3 Å². The predicted octanol–water partition coefficient (Wildman–Crippen LogP) is 3.41. The fraction of sp³-hybridized carbons (Fsp3) is 0.111. The molecule has 2 aromatic carbocycles. The highest BCUT2D eigenvalue weighted by atomic mass is 19.1. The highest BCUT2D eigenvalue weighted by molar-refractivity contribution is 6.06. The third-order valence-corrected chi connectivity index (χ3v) is 3.85. The van der Waals surface area contributed by atoms with Gasteiger partial charge in [-0.15, -0.1) is 0 Å². The third kappa shape index (κ3) is 2.40. The number of amides is 1. The second kappa shape index (κ2) is 5.35. The van der Waals surface area contributed by atoms with Crippen molar-refractivity contribution in [3.05, 3.63) is 66.1 Å². The van der Waals surface area contributed by atoms with Gasteiger partial charge in [-0.25, -0.2) is 9.37 Å². The number of halogens is 1. The van der Waals surface area contributed by atoms with Gasteiger partial charge in [-0.1, -0.05) is 24.3 Å². The van der Waals surface area contributed by atoms with E-state index in [9.17, 15) is 9.18 Å². The van der Waals surface area contributed by atoms with E-state index in [1.165, 1.54) is 12.1 Å². The van der Waals surface area contributed by atoms with Gasteiger partial charge in [-0.2, -0.15) is 0 Å². The molecular weight excluding hydrogens is 295 g/mol. The number of benzene rings is 2. The van der Waals surface area contributed by atoms with Gasteiger partial charge in [0.2, 0.25) is 0 Å². The summed E-state index contributed by atoms with van der Waals surface area (Å²) in [4.78, 5) is 18.8. The first kappa shape index (κ1) is 13.7. The summed E-state index contributed by atoms with van der Waals surface area (Å²) in [5, 5.41) is 0.980. The van der Waals surface area contributed by atoms with E-state index < -0.39 is 0 Å². The molecule has 1 aromatic heterocycles. The Bertz CT molecular complexity index is 910. The van der Waals surface area contributed by atoms with Gasteiger partial charge in [-0.3, -0.25) is 4.79 Å². The molecule has 0 radical (unpaired) electrons. The van der Waals surface area contributed by atoms with Crippen molar-refractivity contribution in [1.82, 2.24) is 4.98 Å². The van der Waals surface area contributed by atoms with Crippen molar-refractivity contribution < 1.29 is 13.9 Å². The van der Waals surface area contributed by atoms with Crippen molar-refractivity contribution in [1.29, 1.82) is 0 Å². The molecule has 0 unspecified atom stereocenters. The van der Waals surface area contributed by atoms with Crippen molar-refractivity contribution in [2.24, 2.45) is 0 Å². The lowest BCUT2D eigenvalue weighted by Crippen LogP contribution is -2.38. The minimum Gasteiger partial charge on any atom is -0.489 e. The molecule has 0 atom stereocenters. The molecule has 0 fully saturated rings. The van der Waals surface area contributed by atoms with Crippen molar-refractivity contribution in [2.75, 3.05) is 18.1 Å². The fourth-order valence-electron chi connectivity index (χ4n) is 2.73. The number of hydrogen-bond acceptors (Lipinski definition) is 3. The highest BCUT2D eigenvalue weighted by Crippen LogP contribution is 2.33. The van der Waals surface area contributed by atoms with E-state index in [-0.39, 0.29) is 11.7 Å². The molecule has 4 nitrogen and oxygen atoms in total. The highest BCUT2D eigenvalue weighted by Gasteiger charge is 2.25. The predicted molar refractivity (Wildman–Crippen MR) is 85.3 cm³/mol. The number of fused-ring (bicyclic) bond motifs is 2. The number of rotatable bonds is 1. The van der Waals surface area contributed by atoms with Gasteiger partial charge in [0.05, 0.1) is 17.7 Å². The van der Waals surface area contributed by atoms with E-state index >= 15 is 0 Å². The number of pyridine rings is 1. The molecule has 5 heteroatoms. The van der Waals surface area contributed by atoms with E-state index in [1.54, 1.807) is 17.0 Å². The number of ether oxygens (including phenoxy) is 1. The van der Waals surface area contributed by atoms with Crippen LogP contribution in [0, 0.1) is 5.82 Å². The fourth-order valence-corrected chi connectivity index (χ4v) is 2.73. The van der Waals surface area contributed by atoms with Crippen LogP contribution >= 0.6 is 0 Å². The van der Waals surface area contributed by atoms with Gasteiger partial charge < -0.3 is 9.64 Å². The zero-order chi connectivity index (χ0) is 15.8. The Kier molecular flexibility index (Phi) is 3.19. The topological polar surface area (TPSA) is 42.4 Å². The number of aromatic nitrogens is 1. The molecule has 0 spiro atoms. The Morgan fingerprint density at radius 1 is 1.13 bits per heavy atom. The minimum absolute atomic E-state index is 0.216. The van der Waals surface area contributed by atoms with Gasteiger partial charge in [0.15, 0.2) is 0 Å². The third-order valence-electron chi connectivity index (χ3n) is 3.85. The number of hydrogen-bond donors (Lipinski definition) is 0. The molecule has 1 aliphatic heterocycles. The summed E-state index contributed by atoms with van der Waals surface area (Å²) in [6.07, 6.45) is 0. The van der Waals surface area contributed by atoms with Crippen molar-refractivity contribution in [2.45, 2.75) is 0 Å². The van der Waals surface area contributed by atoms with E-state index in [0.717, 1.165) is 10.9 Å². The number of carbonyl (C=O) groups is 1. The van der Waals surface area contributed by atoms with Crippen molar-refractivity contribution in [3.8, 4) is 5.75 Å². The molecule has 0 N–H and O–H groups in total. The van der Waals surface area contributed by atoms with Crippen LogP contribution in [0.5, 0.6) is 5.75 Å². The molecular formula is C18H13FN2O2. The summed E-state index contributed by atoms with van der Waals surface area (Å²) in [6.45, 7) is 0.738. The number of nitrogens with zero attached hydrogens (tertiary/aromatic N) is 2. The molecule has 0 saturated carbocycles. The van der Waals surface area contributed by atoms with E-state index in [1.807, 2.05) is 30.3 Å². The van der Waals surface area contributed by atoms with Gasteiger partial charge in [0, 0.05) is 11.5 Å². The van der Waals surface area contributed by atoms with Gasteiger partial charge in [0.25, 0.3) is 5.91 Å². The monoisotopic (exact) mass is 308 g/mol. The molecule has 0 bridgehead atoms. The van der Waals surface area contributed by atoms with Crippen LogP contribution in [0.3, 0.4) is 0 Å². The first-order chi connectivity index (χ1) is 11.2. The Hall–Kier alpha value is -2.95. The minimum atomic E-state index is -0.387. The molecule has 3 aromatic rings. The number of anilines is 1. The van der Waals surface area contributed by atoms with Crippen molar-refractivity contribution >= 4 is 22.5 Å².